The van der Waals surface area contributed by atoms with Gasteiger partial charge in [0.05, 0.1) is 6.42 Å². The van der Waals surface area contributed by atoms with Gasteiger partial charge in [0.25, 0.3) is 0 Å². The highest BCUT2D eigenvalue weighted by molar-refractivity contribution is 7.07. The van der Waals surface area contributed by atoms with Crippen molar-refractivity contribution in [3.05, 3.63) is 22.4 Å². The first-order chi connectivity index (χ1) is 6.03. The summed E-state index contributed by atoms with van der Waals surface area (Å²) in [6, 6.07) is 1.69. The molecule has 1 nitrogen and oxygen atoms in total. The summed E-state index contributed by atoms with van der Waals surface area (Å²) in [4.78, 5) is 0. The molecule has 0 aliphatic heterocycles. The average molecular weight is 209 g/mol. The molecular weight excluding hydrogens is 199 g/mol. The van der Waals surface area contributed by atoms with Crippen LogP contribution in [0.5, 0.6) is 0 Å². The summed E-state index contributed by atoms with van der Waals surface area (Å²) in [7, 11) is 0. The van der Waals surface area contributed by atoms with Crippen molar-refractivity contribution in [2.75, 3.05) is 6.54 Å². The van der Waals surface area contributed by atoms with Crippen LogP contribution in [-0.2, 0) is 0 Å². The Kier molecular flexibility index (Phi) is 3.33. The molecule has 0 saturated heterocycles. The second-order valence-corrected chi connectivity index (χ2v) is 3.59. The molecule has 1 aromatic heterocycles. The molecule has 0 aliphatic rings. The zero-order chi connectivity index (χ0) is 9.90. The smallest absolute Gasteiger partial charge is 0.330 e. The monoisotopic (exact) mass is 209 g/mol. The maximum Gasteiger partial charge on any atom is 0.389 e. The van der Waals surface area contributed by atoms with E-state index in [1.54, 1.807) is 16.8 Å². The fraction of sp³-hybridized carbons (Fsp3) is 0.500. The van der Waals surface area contributed by atoms with E-state index in [9.17, 15) is 13.2 Å². The van der Waals surface area contributed by atoms with Gasteiger partial charge in [-0.1, -0.05) is 0 Å². The summed E-state index contributed by atoms with van der Waals surface area (Å²) >= 11 is 1.39. The topological polar surface area (TPSA) is 26.0 Å². The van der Waals surface area contributed by atoms with Crippen molar-refractivity contribution in [1.82, 2.24) is 0 Å². The van der Waals surface area contributed by atoms with Gasteiger partial charge in [-0.25, -0.2) is 0 Å². The lowest BCUT2D eigenvalue weighted by Crippen LogP contribution is -2.20. The van der Waals surface area contributed by atoms with Crippen molar-refractivity contribution < 1.29 is 13.2 Å². The first-order valence-electron chi connectivity index (χ1n) is 3.82. The van der Waals surface area contributed by atoms with E-state index in [0.29, 0.717) is 5.56 Å². The molecule has 13 heavy (non-hydrogen) atoms. The van der Waals surface area contributed by atoms with E-state index < -0.39 is 18.5 Å². The largest absolute Gasteiger partial charge is 0.389 e. The SMILES string of the molecule is NC[C@@H](CC(F)(F)F)c1ccsc1. The first-order valence-corrected chi connectivity index (χ1v) is 4.76. The van der Waals surface area contributed by atoms with E-state index >= 15 is 0 Å². The minimum atomic E-state index is -4.13. The molecule has 0 aliphatic carbocycles. The zero-order valence-electron chi connectivity index (χ0n) is 6.84. The maximum absolute atomic E-state index is 12.0. The lowest BCUT2D eigenvalue weighted by atomic mass is 9.99. The van der Waals surface area contributed by atoms with Crippen molar-refractivity contribution in [1.29, 1.82) is 0 Å². The quantitative estimate of drug-likeness (QED) is 0.813. The van der Waals surface area contributed by atoms with Crippen LogP contribution >= 0.6 is 11.3 Å². The van der Waals surface area contributed by atoms with E-state index in [1.165, 1.54) is 11.3 Å². The normalized spacial score (nSPS) is 14.5. The van der Waals surface area contributed by atoms with E-state index in [4.69, 9.17) is 5.73 Å². The summed E-state index contributed by atoms with van der Waals surface area (Å²) in [5.41, 5.74) is 5.96. The summed E-state index contributed by atoms with van der Waals surface area (Å²) in [5, 5.41) is 3.47. The molecule has 0 saturated carbocycles. The van der Waals surface area contributed by atoms with Crippen molar-refractivity contribution in [2.24, 2.45) is 5.73 Å². The molecule has 1 rings (SSSR count). The molecule has 5 heteroatoms. The third-order valence-electron chi connectivity index (χ3n) is 1.78. The molecule has 1 aromatic rings. The molecule has 1 heterocycles. The van der Waals surface area contributed by atoms with Crippen molar-refractivity contribution in [3.63, 3.8) is 0 Å². The average Bonchev–Trinajstić information content (AvgIpc) is 2.50. The molecule has 1 atom stereocenters. The third kappa shape index (κ3) is 3.36. The Morgan fingerprint density at radius 3 is 2.54 bits per heavy atom. The standard InChI is InChI=1S/C8H10F3NS/c9-8(10,11)3-7(4-12)6-1-2-13-5-6/h1-2,5,7H,3-4,12H2/t7-/m1/s1. The fourth-order valence-corrected chi connectivity index (χ4v) is 1.87. The molecular formula is C8H10F3NS. The van der Waals surface area contributed by atoms with Gasteiger partial charge in [-0.2, -0.15) is 24.5 Å². The Bertz CT molecular complexity index is 242. The van der Waals surface area contributed by atoms with Gasteiger partial charge in [-0.05, 0) is 28.9 Å². The minimum Gasteiger partial charge on any atom is -0.330 e. The zero-order valence-corrected chi connectivity index (χ0v) is 7.66. The second kappa shape index (κ2) is 4.11. The highest BCUT2D eigenvalue weighted by atomic mass is 32.1. The molecule has 0 spiro atoms. The number of thiophene rings is 1. The number of hydrogen-bond acceptors (Lipinski definition) is 2. The number of halogens is 3. The van der Waals surface area contributed by atoms with E-state index in [1.807, 2.05) is 0 Å². The predicted octanol–water partition coefficient (Wildman–Crippen LogP) is 2.74. The van der Waals surface area contributed by atoms with Crippen molar-refractivity contribution in [3.8, 4) is 0 Å². The highest BCUT2D eigenvalue weighted by Gasteiger charge is 2.31. The van der Waals surface area contributed by atoms with Crippen LogP contribution in [0.1, 0.15) is 17.9 Å². The molecule has 74 valence electrons. The lowest BCUT2D eigenvalue weighted by Gasteiger charge is -2.15. The summed E-state index contributed by atoms with van der Waals surface area (Å²) in [5.74, 6) is -0.591. The van der Waals surface area contributed by atoms with Gasteiger partial charge in [0, 0.05) is 5.92 Å². The van der Waals surface area contributed by atoms with Gasteiger partial charge in [0.15, 0.2) is 0 Å². The predicted molar refractivity (Wildman–Crippen MR) is 46.8 cm³/mol. The van der Waals surface area contributed by atoms with Gasteiger partial charge in [-0.15, -0.1) is 0 Å². The molecule has 0 amide bonds. The molecule has 0 aromatic carbocycles. The van der Waals surface area contributed by atoms with Gasteiger partial charge < -0.3 is 5.73 Å². The Hall–Kier alpha value is -0.550. The van der Waals surface area contributed by atoms with Crippen LogP contribution in [0, 0.1) is 0 Å². The molecule has 0 unspecified atom stereocenters. The Morgan fingerprint density at radius 1 is 1.46 bits per heavy atom. The van der Waals surface area contributed by atoms with Crippen molar-refractivity contribution >= 4 is 11.3 Å². The van der Waals surface area contributed by atoms with Gasteiger partial charge in [0.1, 0.15) is 0 Å². The van der Waals surface area contributed by atoms with Crippen LogP contribution in [0.15, 0.2) is 16.8 Å². The van der Waals surface area contributed by atoms with E-state index in [2.05, 4.69) is 0 Å². The fourth-order valence-electron chi connectivity index (χ4n) is 1.12. The van der Waals surface area contributed by atoms with Crippen LogP contribution in [0.2, 0.25) is 0 Å². The summed E-state index contributed by atoms with van der Waals surface area (Å²) in [6.45, 7) is 0.0379. The van der Waals surface area contributed by atoms with Crippen LogP contribution in [0.3, 0.4) is 0 Å². The number of nitrogens with two attached hydrogens (primary N) is 1. The van der Waals surface area contributed by atoms with Crippen molar-refractivity contribution in [2.45, 2.75) is 18.5 Å². The van der Waals surface area contributed by atoms with Gasteiger partial charge >= 0.3 is 6.18 Å². The summed E-state index contributed by atoms with van der Waals surface area (Å²) < 4.78 is 36.1. The van der Waals surface area contributed by atoms with Gasteiger partial charge in [-0.3, -0.25) is 0 Å². The molecule has 0 bridgehead atoms. The highest BCUT2D eigenvalue weighted by Crippen LogP contribution is 2.31. The molecule has 0 radical (unpaired) electrons. The number of rotatable bonds is 3. The molecule has 0 fully saturated rings. The Labute approximate surface area is 78.4 Å². The Morgan fingerprint density at radius 2 is 2.15 bits per heavy atom. The van der Waals surface area contributed by atoms with Crippen LogP contribution < -0.4 is 5.73 Å². The van der Waals surface area contributed by atoms with E-state index in [-0.39, 0.29) is 6.54 Å². The van der Waals surface area contributed by atoms with Gasteiger partial charge in [0.2, 0.25) is 0 Å². The first kappa shape index (κ1) is 10.5. The van der Waals surface area contributed by atoms with Crippen LogP contribution in [-0.4, -0.2) is 12.7 Å². The minimum absolute atomic E-state index is 0.0379. The number of alkyl halides is 3. The summed E-state index contributed by atoms with van der Waals surface area (Å²) in [6.07, 6.45) is -4.97. The van der Waals surface area contributed by atoms with E-state index in [0.717, 1.165) is 0 Å². The Balaban J connectivity index is 2.64. The lowest BCUT2D eigenvalue weighted by molar-refractivity contribution is -0.138. The van der Waals surface area contributed by atoms with Crippen LogP contribution in [0.25, 0.3) is 0 Å². The van der Waals surface area contributed by atoms with Crippen LogP contribution in [0.4, 0.5) is 13.2 Å². The molecule has 2 N–H and O–H groups in total. The number of hydrogen-bond donors (Lipinski definition) is 1. The second-order valence-electron chi connectivity index (χ2n) is 2.81. The third-order valence-corrected chi connectivity index (χ3v) is 2.48. The maximum atomic E-state index is 12.0.